The molecule has 1 atom stereocenters. The van der Waals surface area contributed by atoms with Gasteiger partial charge < -0.3 is 20.6 Å². The van der Waals surface area contributed by atoms with Crippen molar-refractivity contribution in [3.8, 4) is 0 Å². The van der Waals surface area contributed by atoms with Crippen molar-refractivity contribution in [2.45, 2.75) is 45.7 Å². The molecule has 0 aliphatic carbocycles. The third kappa shape index (κ3) is 4.22. The number of nitrogens with one attached hydrogen (secondary N) is 2. The maximum atomic E-state index is 12.2. The van der Waals surface area contributed by atoms with E-state index in [9.17, 15) is 14.7 Å². The fraction of sp³-hybridized carbons (Fsp3) is 0.529. The van der Waals surface area contributed by atoms with Crippen LogP contribution in [0.1, 0.15) is 31.4 Å². The first kappa shape index (κ1) is 17.3. The number of amides is 3. The Kier molecular flexibility index (Phi) is 4.94. The van der Waals surface area contributed by atoms with Gasteiger partial charge in [-0.2, -0.15) is 0 Å². The molecule has 1 fully saturated rings. The van der Waals surface area contributed by atoms with Crippen LogP contribution in [-0.4, -0.2) is 41.8 Å². The van der Waals surface area contributed by atoms with E-state index in [-0.39, 0.29) is 31.0 Å². The zero-order valence-corrected chi connectivity index (χ0v) is 14.1. The molecule has 0 aromatic heterocycles. The quantitative estimate of drug-likeness (QED) is 0.786. The van der Waals surface area contributed by atoms with Crippen LogP contribution in [0, 0.1) is 13.8 Å². The lowest BCUT2D eigenvalue weighted by atomic mass is 10.1. The minimum Gasteiger partial charge on any atom is -0.394 e. The third-order valence-corrected chi connectivity index (χ3v) is 4.11. The summed E-state index contributed by atoms with van der Waals surface area (Å²) in [6, 6.07) is 5.31. The molecule has 0 radical (unpaired) electrons. The molecule has 2 rings (SSSR count). The number of hydrogen-bond acceptors (Lipinski definition) is 3. The molecule has 3 amide bonds. The normalized spacial score (nSPS) is 18.2. The average molecular weight is 319 g/mol. The number of rotatable bonds is 4. The molecule has 0 spiro atoms. The van der Waals surface area contributed by atoms with Crippen LogP contribution in [0.3, 0.4) is 0 Å². The lowest BCUT2D eigenvalue weighted by molar-refractivity contribution is -0.117. The zero-order chi connectivity index (χ0) is 17.2. The Bertz CT molecular complexity index is 613. The molecule has 1 saturated heterocycles. The first-order valence-electron chi connectivity index (χ1n) is 7.79. The number of anilines is 1. The molecule has 1 aliphatic heterocycles. The average Bonchev–Trinajstić information content (AvgIpc) is 2.81. The Morgan fingerprint density at radius 3 is 2.65 bits per heavy atom. The summed E-state index contributed by atoms with van der Waals surface area (Å²) in [6.07, 6.45) is 0.278. The van der Waals surface area contributed by atoms with Crippen LogP contribution in [0.2, 0.25) is 0 Å². The Morgan fingerprint density at radius 2 is 2.04 bits per heavy atom. The largest absolute Gasteiger partial charge is 0.394 e. The second kappa shape index (κ2) is 6.58. The SMILES string of the molecule is Cc1ccc(N2C[C@@H](NC(=O)NC(C)(C)CO)CC2=O)cc1C. The number of aryl methyl sites for hydroxylation is 2. The third-order valence-electron chi connectivity index (χ3n) is 4.11. The van der Waals surface area contributed by atoms with Gasteiger partial charge >= 0.3 is 6.03 Å². The van der Waals surface area contributed by atoms with Crippen LogP contribution in [0.15, 0.2) is 18.2 Å². The van der Waals surface area contributed by atoms with Crippen molar-refractivity contribution in [3.05, 3.63) is 29.3 Å². The number of hydrogen-bond donors (Lipinski definition) is 3. The van der Waals surface area contributed by atoms with Crippen LogP contribution in [0.4, 0.5) is 10.5 Å². The molecule has 0 bridgehead atoms. The van der Waals surface area contributed by atoms with Crippen LogP contribution in [-0.2, 0) is 4.79 Å². The number of aliphatic hydroxyl groups excluding tert-OH is 1. The van der Waals surface area contributed by atoms with Gasteiger partial charge in [-0.25, -0.2) is 4.79 Å². The summed E-state index contributed by atoms with van der Waals surface area (Å²) >= 11 is 0. The number of urea groups is 1. The van der Waals surface area contributed by atoms with Gasteiger partial charge in [0.05, 0.1) is 18.2 Å². The molecule has 126 valence electrons. The molecule has 0 saturated carbocycles. The highest BCUT2D eigenvalue weighted by Gasteiger charge is 2.32. The Hall–Kier alpha value is -2.08. The number of carbonyl (C=O) groups excluding carboxylic acids is 2. The predicted octanol–water partition coefficient (Wildman–Crippen LogP) is 1.48. The predicted molar refractivity (Wildman–Crippen MR) is 89.5 cm³/mol. The van der Waals surface area contributed by atoms with Crippen molar-refractivity contribution < 1.29 is 14.7 Å². The zero-order valence-electron chi connectivity index (χ0n) is 14.1. The van der Waals surface area contributed by atoms with Crippen molar-refractivity contribution in [2.75, 3.05) is 18.1 Å². The molecular weight excluding hydrogens is 294 g/mol. The summed E-state index contributed by atoms with van der Waals surface area (Å²) in [7, 11) is 0. The van der Waals surface area contributed by atoms with E-state index in [0.717, 1.165) is 11.3 Å². The standard InChI is InChI=1S/C17H25N3O3/c1-11-5-6-14(7-12(11)2)20-9-13(8-15(20)22)18-16(23)19-17(3,4)10-21/h5-7,13,21H,8-10H2,1-4H3,(H2,18,19,23)/t13-/m0/s1. The fourth-order valence-electron chi connectivity index (χ4n) is 2.52. The lowest BCUT2D eigenvalue weighted by Gasteiger charge is -2.25. The van der Waals surface area contributed by atoms with Gasteiger partial charge in [-0.3, -0.25) is 4.79 Å². The van der Waals surface area contributed by atoms with E-state index in [1.165, 1.54) is 5.56 Å². The van der Waals surface area contributed by atoms with Crippen LogP contribution in [0.5, 0.6) is 0 Å². The molecule has 3 N–H and O–H groups in total. The number of nitrogens with zero attached hydrogens (tertiary/aromatic N) is 1. The molecule has 1 aliphatic rings. The molecule has 1 aromatic carbocycles. The van der Waals surface area contributed by atoms with E-state index in [1.54, 1.807) is 18.7 Å². The maximum Gasteiger partial charge on any atom is 0.315 e. The van der Waals surface area contributed by atoms with E-state index < -0.39 is 5.54 Å². The number of benzene rings is 1. The molecule has 23 heavy (non-hydrogen) atoms. The monoisotopic (exact) mass is 319 g/mol. The smallest absolute Gasteiger partial charge is 0.315 e. The highest BCUT2D eigenvalue weighted by Crippen LogP contribution is 2.24. The second-order valence-electron chi connectivity index (χ2n) is 6.81. The topological polar surface area (TPSA) is 81.7 Å². The van der Waals surface area contributed by atoms with Gasteiger partial charge in [0.1, 0.15) is 0 Å². The number of carbonyl (C=O) groups is 2. The summed E-state index contributed by atoms with van der Waals surface area (Å²) in [4.78, 5) is 25.9. The highest BCUT2D eigenvalue weighted by molar-refractivity contribution is 5.97. The molecule has 0 unspecified atom stereocenters. The van der Waals surface area contributed by atoms with Gasteiger partial charge in [0.2, 0.25) is 5.91 Å². The second-order valence-corrected chi connectivity index (χ2v) is 6.81. The molecule has 1 aromatic rings. The van der Waals surface area contributed by atoms with Gasteiger partial charge in [-0.15, -0.1) is 0 Å². The summed E-state index contributed by atoms with van der Waals surface area (Å²) in [5, 5.41) is 14.7. The molecule has 6 heteroatoms. The Labute approximate surface area is 136 Å². The number of aliphatic hydroxyl groups is 1. The summed E-state index contributed by atoms with van der Waals surface area (Å²) in [5.74, 6) is -0.0000264. The van der Waals surface area contributed by atoms with Crippen LogP contribution >= 0.6 is 0 Å². The fourth-order valence-corrected chi connectivity index (χ4v) is 2.52. The van der Waals surface area contributed by atoms with Crippen molar-refractivity contribution in [3.63, 3.8) is 0 Å². The van der Waals surface area contributed by atoms with Gasteiger partial charge in [0.25, 0.3) is 0 Å². The lowest BCUT2D eigenvalue weighted by Crippen LogP contribution is -2.53. The highest BCUT2D eigenvalue weighted by atomic mass is 16.3. The first-order chi connectivity index (χ1) is 10.7. The Balaban J connectivity index is 1.99. The Morgan fingerprint density at radius 1 is 1.35 bits per heavy atom. The minimum absolute atomic E-state index is 0.0000264. The van der Waals surface area contributed by atoms with Gasteiger partial charge in [0.15, 0.2) is 0 Å². The van der Waals surface area contributed by atoms with Crippen molar-refractivity contribution in [1.29, 1.82) is 0 Å². The van der Waals surface area contributed by atoms with E-state index in [1.807, 2.05) is 32.0 Å². The van der Waals surface area contributed by atoms with Crippen LogP contribution in [0.25, 0.3) is 0 Å². The van der Waals surface area contributed by atoms with Gasteiger partial charge in [0, 0.05) is 18.7 Å². The van der Waals surface area contributed by atoms with E-state index in [0.29, 0.717) is 6.54 Å². The van der Waals surface area contributed by atoms with Gasteiger partial charge in [-0.1, -0.05) is 6.07 Å². The van der Waals surface area contributed by atoms with Crippen LogP contribution < -0.4 is 15.5 Å². The van der Waals surface area contributed by atoms with Crippen molar-refractivity contribution in [2.24, 2.45) is 0 Å². The molecule has 1 heterocycles. The first-order valence-corrected chi connectivity index (χ1v) is 7.79. The molecular formula is C17H25N3O3. The van der Waals surface area contributed by atoms with Crippen molar-refractivity contribution in [1.82, 2.24) is 10.6 Å². The summed E-state index contributed by atoms with van der Waals surface area (Å²) in [6.45, 7) is 7.80. The van der Waals surface area contributed by atoms with E-state index in [4.69, 9.17) is 0 Å². The van der Waals surface area contributed by atoms with Crippen molar-refractivity contribution >= 4 is 17.6 Å². The summed E-state index contributed by atoms with van der Waals surface area (Å²) < 4.78 is 0. The van der Waals surface area contributed by atoms with E-state index >= 15 is 0 Å². The summed E-state index contributed by atoms with van der Waals surface area (Å²) in [5.41, 5.74) is 2.48. The maximum absolute atomic E-state index is 12.2. The van der Waals surface area contributed by atoms with Gasteiger partial charge in [-0.05, 0) is 51.0 Å². The van der Waals surface area contributed by atoms with E-state index in [2.05, 4.69) is 10.6 Å². The minimum atomic E-state index is -0.694. The molecule has 6 nitrogen and oxygen atoms in total.